The number of fused-ring (bicyclic) bond motifs is 2. The molecule has 0 aliphatic carbocycles. The number of amides is 4. The number of nitrogens with one attached hydrogen (secondary N) is 3. The van der Waals surface area contributed by atoms with Gasteiger partial charge in [-0.3, -0.25) is 14.5 Å². The molecule has 2 aromatic rings. The van der Waals surface area contributed by atoms with Crippen molar-refractivity contribution in [3.63, 3.8) is 0 Å². The molecule has 2 heterocycles. The van der Waals surface area contributed by atoms with E-state index in [-0.39, 0.29) is 31.7 Å². The molecule has 0 bridgehead atoms. The third kappa shape index (κ3) is 3.68. The molecule has 0 saturated carbocycles. The molecule has 4 amide bonds. The third-order valence-corrected chi connectivity index (χ3v) is 4.34. The van der Waals surface area contributed by atoms with Gasteiger partial charge in [-0.1, -0.05) is 18.2 Å². The zero-order valence-electron chi connectivity index (χ0n) is 14.9. The van der Waals surface area contributed by atoms with E-state index in [1.165, 1.54) is 4.90 Å². The maximum atomic E-state index is 12.4. The maximum absolute atomic E-state index is 12.4. The standard InChI is InChI=1S/C19H18N4O5/c24-17(20-8-12-5-6-15-16(7-12)28-11-27-15)9-21-19(26)23-10-18(25)22-13-3-1-2-4-14(13)23/h1-7H,8-11H2,(H,20,24)(H,21,26)(H,22,25). The van der Waals surface area contributed by atoms with Crippen LogP contribution in [0.3, 0.4) is 0 Å². The molecule has 0 spiro atoms. The fourth-order valence-electron chi connectivity index (χ4n) is 2.98. The first-order valence-corrected chi connectivity index (χ1v) is 8.69. The molecule has 0 atom stereocenters. The summed E-state index contributed by atoms with van der Waals surface area (Å²) in [4.78, 5) is 37.6. The van der Waals surface area contributed by atoms with Crippen LogP contribution in [0.25, 0.3) is 0 Å². The van der Waals surface area contributed by atoms with Gasteiger partial charge in [0.25, 0.3) is 0 Å². The predicted octanol–water partition coefficient (Wildman–Crippen LogP) is 1.20. The minimum atomic E-state index is -0.513. The maximum Gasteiger partial charge on any atom is 0.322 e. The van der Waals surface area contributed by atoms with E-state index in [1.54, 1.807) is 36.4 Å². The number of hydrogen-bond donors (Lipinski definition) is 3. The number of ether oxygens (including phenoxy) is 2. The first kappa shape index (κ1) is 17.7. The predicted molar refractivity (Wildman–Crippen MR) is 100 cm³/mol. The van der Waals surface area contributed by atoms with Crippen LogP contribution in [0, 0.1) is 0 Å². The van der Waals surface area contributed by atoms with Crippen LogP contribution in [0.5, 0.6) is 11.5 Å². The van der Waals surface area contributed by atoms with Crippen LogP contribution in [0.15, 0.2) is 42.5 Å². The quantitative estimate of drug-likeness (QED) is 0.736. The summed E-state index contributed by atoms with van der Waals surface area (Å²) >= 11 is 0. The first-order chi connectivity index (χ1) is 13.6. The lowest BCUT2D eigenvalue weighted by Gasteiger charge is -2.29. The molecule has 0 fully saturated rings. The smallest absolute Gasteiger partial charge is 0.322 e. The summed E-state index contributed by atoms with van der Waals surface area (Å²) in [5.74, 6) is 0.678. The van der Waals surface area contributed by atoms with Gasteiger partial charge in [-0.25, -0.2) is 4.79 Å². The van der Waals surface area contributed by atoms with Crippen molar-refractivity contribution in [2.75, 3.05) is 30.1 Å². The second-order valence-corrected chi connectivity index (χ2v) is 6.27. The van der Waals surface area contributed by atoms with Gasteiger partial charge in [-0.15, -0.1) is 0 Å². The largest absolute Gasteiger partial charge is 0.454 e. The van der Waals surface area contributed by atoms with E-state index >= 15 is 0 Å². The van der Waals surface area contributed by atoms with Crippen LogP contribution in [0.1, 0.15) is 5.56 Å². The molecule has 0 saturated heterocycles. The van der Waals surface area contributed by atoms with Crippen LogP contribution in [0.2, 0.25) is 0 Å². The summed E-state index contributed by atoms with van der Waals surface area (Å²) < 4.78 is 10.5. The molecule has 3 N–H and O–H groups in total. The van der Waals surface area contributed by atoms with Crippen LogP contribution >= 0.6 is 0 Å². The molecular weight excluding hydrogens is 364 g/mol. The Morgan fingerprint density at radius 1 is 1.07 bits per heavy atom. The highest BCUT2D eigenvalue weighted by Crippen LogP contribution is 2.32. The van der Waals surface area contributed by atoms with Crippen molar-refractivity contribution >= 4 is 29.2 Å². The van der Waals surface area contributed by atoms with E-state index < -0.39 is 6.03 Å². The van der Waals surface area contributed by atoms with Crippen LogP contribution < -0.4 is 30.3 Å². The van der Waals surface area contributed by atoms with Gasteiger partial charge >= 0.3 is 6.03 Å². The molecule has 4 rings (SSSR count). The van der Waals surface area contributed by atoms with Crippen LogP contribution in [-0.4, -0.2) is 37.7 Å². The lowest BCUT2D eigenvalue weighted by molar-refractivity contribution is -0.120. The van der Waals surface area contributed by atoms with Gasteiger partial charge in [0.05, 0.1) is 17.9 Å². The zero-order chi connectivity index (χ0) is 19.5. The van der Waals surface area contributed by atoms with Crippen molar-refractivity contribution in [3.8, 4) is 11.5 Å². The molecule has 2 aliphatic rings. The molecule has 144 valence electrons. The minimum absolute atomic E-state index is 0.109. The number of anilines is 2. The van der Waals surface area contributed by atoms with Gasteiger partial charge in [0.2, 0.25) is 18.6 Å². The van der Waals surface area contributed by atoms with Gasteiger partial charge in [-0.2, -0.15) is 0 Å². The fraction of sp³-hybridized carbons (Fsp3) is 0.211. The molecule has 2 aromatic carbocycles. The SMILES string of the molecule is O=C(CNC(=O)N1CC(=O)Nc2ccccc21)NCc1ccc2c(c1)OCO2. The number of benzene rings is 2. The van der Waals surface area contributed by atoms with Gasteiger partial charge in [0.15, 0.2) is 11.5 Å². The highest BCUT2D eigenvalue weighted by molar-refractivity contribution is 6.09. The van der Waals surface area contributed by atoms with E-state index in [2.05, 4.69) is 16.0 Å². The number of carbonyl (C=O) groups excluding carboxylic acids is 3. The Kier molecular flexibility index (Phi) is 4.71. The Labute approximate surface area is 160 Å². The normalized spacial score (nSPS) is 14.1. The van der Waals surface area contributed by atoms with Crippen molar-refractivity contribution in [2.45, 2.75) is 6.54 Å². The summed E-state index contributed by atoms with van der Waals surface area (Å²) in [5, 5.41) is 7.98. The molecular formula is C19H18N4O5. The fourth-order valence-corrected chi connectivity index (χ4v) is 2.98. The summed E-state index contributed by atoms with van der Waals surface area (Å²) in [7, 11) is 0. The highest BCUT2D eigenvalue weighted by atomic mass is 16.7. The monoisotopic (exact) mass is 382 g/mol. The Morgan fingerprint density at radius 3 is 2.79 bits per heavy atom. The summed E-state index contributed by atoms with van der Waals surface area (Å²) in [5.41, 5.74) is 1.99. The average Bonchev–Trinajstić information content (AvgIpc) is 3.17. The summed E-state index contributed by atoms with van der Waals surface area (Å²) in [6.07, 6.45) is 0. The van der Waals surface area contributed by atoms with Gasteiger partial charge in [0, 0.05) is 6.54 Å². The Balaban J connectivity index is 1.30. The zero-order valence-corrected chi connectivity index (χ0v) is 14.9. The number of urea groups is 1. The minimum Gasteiger partial charge on any atom is -0.454 e. The highest BCUT2D eigenvalue weighted by Gasteiger charge is 2.26. The number of nitrogens with zero attached hydrogens (tertiary/aromatic N) is 1. The number of carbonyl (C=O) groups is 3. The first-order valence-electron chi connectivity index (χ1n) is 8.69. The molecule has 9 heteroatoms. The van der Waals surface area contributed by atoms with E-state index in [0.29, 0.717) is 29.4 Å². The Morgan fingerprint density at radius 2 is 1.89 bits per heavy atom. The van der Waals surface area contributed by atoms with Crippen molar-refractivity contribution in [3.05, 3.63) is 48.0 Å². The van der Waals surface area contributed by atoms with Crippen LogP contribution in [-0.2, 0) is 16.1 Å². The van der Waals surface area contributed by atoms with Crippen molar-refractivity contribution in [2.24, 2.45) is 0 Å². The van der Waals surface area contributed by atoms with Crippen molar-refractivity contribution < 1.29 is 23.9 Å². The number of hydrogen-bond acceptors (Lipinski definition) is 5. The molecule has 28 heavy (non-hydrogen) atoms. The molecule has 2 aliphatic heterocycles. The average molecular weight is 382 g/mol. The second kappa shape index (κ2) is 7.47. The summed E-state index contributed by atoms with van der Waals surface area (Å²) in [6, 6.07) is 11.9. The molecule has 0 radical (unpaired) electrons. The lowest BCUT2D eigenvalue weighted by atomic mass is 10.2. The number of para-hydroxylation sites is 2. The molecule has 0 aromatic heterocycles. The third-order valence-electron chi connectivity index (χ3n) is 4.34. The lowest BCUT2D eigenvalue weighted by Crippen LogP contribution is -2.49. The Hall–Kier alpha value is -3.75. The van der Waals surface area contributed by atoms with Crippen LogP contribution in [0.4, 0.5) is 16.2 Å². The Bertz CT molecular complexity index is 946. The van der Waals surface area contributed by atoms with E-state index in [0.717, 1.165) is 5.56 Å². The topological polar surface area (TPSA) is 109 Å². The van der Waals surface area contributed by atoms with Gasteiger partial charge in [-0.05, 0) is 29.8 Å². The number of rotatable bonds is 4. The molecule has 0 unspecified atom stereocenters. The van der Waals surface area contributed by atoms with E-state index in [9.17, 15) is 14.4 Å². The van der Waals surface area contributed by atoms with Crippen molar-refractivity contribution in [1.29, 1.82) is 0 Å². The molecule has 9 nitrogen and oxygen atoms in total. The second-order valence-electron chi connectivity index (χ2n) is 6.27. The van der Waals surface area contributed by atoms with Crippen molar-refractivity contribution in [1.82, 2.24) is 10.6 Å². The van der Waals surface area contributed by atoms with Gasteiger partial charge in [0.1, 0.15) is 6.54 Å². The van der Waals surface area contributed by atoms with Gasteiger partial charge < -0.3 is 25.4 Å². The summed E-state index contributed by atoms with van der Waals surface area (Å²) in [6.45, 7) is 0.167. The van der Waals surface area contributed by atoms with E-state index in [1.807, 2.05) is 6.07 Å². The van der Waals surface area contributed by atoms with E-state index in [4.69, 9.17) is 9.47 Å².